The lowest BCUT2D eigenvalue weighted by Gasteiger charge is -2.07. The summed E-state index contributed by atoms with van der Waals surface area (Å²) in [6.07, 6.45) is 0. The van der Waals surface area contributed by atoms with Crippen LogP contribution in [0.3, 0.4) is 0 Å². The Hall–Kier alpha value is -2.32. The third-order valence-electron chi connectivity index (χ3n) is 3.45. The van der Waals surface area contributed by atoms with E-state index in [1.54, 1.807) is 13.2 Å². The van der Waals surface area contributed by atoms with Crippen molar-refractivity contribution < 1.29 is 4.74 Å². The predicted molar refractivity (Wildman–Crippen MR) is 85.1 cm³/mol. The van der Waals surface area contributed by atoms with E-state index >= 15 is 0 Å². The zero-order valence-corrected chi connectivity index (χ0v) is 13.2. The second-order valence-electron chi connectivity index (χ2n) is 4.63. The lowest BCUT2D eigenvalue weighted by atomic mass is 10.2. The lowest BCUT2D eigenvalue weighted by molar-refractivity contribution is 0.415. The number of benzene rings is 2. The van der Waals surface area contributed by atoms with Crippen molar-refractivity contribution in [2.24, 2.45) is 7.05 Å². The Labute approximate surface area is 130 Å². The molecular formula is C16H12BrN3O. The fourth-order valence-corrected chi connectivity index (χ4v) is 2.77. The van der Waals surface area contributed by atoms with Crippen molar-refractivity contribution >= 4 is 27.0 Å². The van der Waals surface area contributed by atoms with Gasteiger partial charge in [-0.15, -0.1) is 0 Å². The fraction of sp³-hybridized carbons (Fsp3) is 0.125. The molecule has 0 amide bonds. The van der Waals surface area contributed by atoms with Gasteiger partial charge in [-0.1, -0.05) is 22.0 Å². The number of nitriles is 1. The van der Waals surface area contributed by atoms with Crippen LogP contribution in [0.15, 0.2) is 40.9 Å². The highest BCUT2D eigenvalue weighted by Crippen LogP contribution is 2.33. The first-order chi connectivity index (χ1) is 10.2. The molecular weight excluding hydrogens is 330 g/mol. The topological polar surface area (TPSA) is 50.8 Å². The van der Waals surface area contributed by atoms with Gasteiger partial charge >= 0.3 is 0 Å². The lowest BCUT2D eigenvalue weighted by Crippen LogP contribution is -1.94. The number of hydrogen-bond donors (Lipinski definition) is 0. The summed E-state index contributed by atoms with van der Waals surface area (Å²) in [5.41, 5.74) is 3.15. The summed E-state index contributed by atoms with van der Waals surface area (Å²) in [7, 11) is 3.58. The van der Waals surface area contributed by atoms with E-state index in [0.29, 0.717) is 11.1 Å². The molecule has 1 aromatic heterocycles. The molecule has 0 aliphatic carbocycles. The normalized spacial score (nSPS) is 10.6. The van der Waals surface area contributed by atoms with Crippen molar-refractivity contribution in [3.05, 3.63) is 46.4 Å². The maximum Gasteiger partial charge on any atom is 0.142 e. The zero-order chi connectivity index (χ0) is 15.0. The zero-order valence-electron chi connectivity index (χ0n) is 11.6. The molecule has 104 valence electrons. The SMILES string of the molecule is COc1ccc(Br)c(-c2nc3c(C#N)cccc3n2C)c1. The van der Waals surface area contributed by atoms with Gasteiger partial charge in [-0.2, -0.15) is 5.26 Å². The van der Waals surface area contributed by atoms with Crippen molar-refractivity contribution in [2.75, 3.05) is 7.11 Å². The Kier molecular flexibility index (Phi) is 3.40. The Morgan fingerprint density at radius 3 is 2.81 bits per heavy atom. The number of methoxy groups -OCH3 is 1. The number of para-hydroxylation sites is 1. The van der Waals surface area contributed by atoms with Crippen LogP contribution in [-0.2, 0) is 7.05 Å². The van der Waals surface area contributed by atoms with E-state index in [0.717, 1.165) is 27.1 Å². The molecule has 2 aromatic carbocycles. The van der Waals surface area contributed by atoms with Crippen LogP contribution in [0.25, 0.3) is 22.4 Å². The molecule has 5 heteroatoms. The summed E-state index contributed by atoms with van der Waals surface area (Å²) < 4.78 is 8.19. The Bertz CT molecular complexity index is 877. The van der Waals surface area contributed by atoms with Gasteiger partial charge in [0, 0.05) is 17.1 Å². The first kappa shape index (κ1) is 13.7. The number of hydrogen-bond acceptors (Lipinski definition) is 3. The molecule has 0 saturated carbocycles. The van der Waals surface area contributed by atoms with Gasteiger partial charge in [-0.05, 0) is 30.3 Å². The third kappa shape index (κ3) is 2.18. The summed E-state index contributed by atoms with van der Waals surface area (Å²) in [6.45, 7) is 0. The maximum atomic E-state index is 9.21. The number of ether oxygens (including phenoxy) is 1. The van der Waals surface area contributed by atoms with E-state index in [-0.39, 0.29) is 0 Å². The van der Waals surface area contributed by atoms with Crippen molar-refractivity contribution in [2.45, 2.75) is 0 Å². The van der Waals surface area contributed by atoms with Gasteiger partial charge in [0.1, 0.15) is 23.2 Å². The van der Waals surface area contributed by atoms with E-state index in [1.165, 1.54) is 0 Å². The van der Waals surface area contributed by atoms with Crippen LogP contribution in [0, 0.1) is 11.3 Å². The Balaban J connectivity index is 2.31. The standard InChI is InChI=1S/C16H12BrN3O/c1-20-14-5-3-4-10(9-18)15(14)19-16(20)12-8-11(21-2)6-7-13(12)17/h3-8H,1-2H3. The Morgan fingerprint density at radius 2 is 2.10 bits per heavy atom. The number of rotatable bonds is 2. The number of fused-ring (bicyclic) bond motifs is 1. The van der Waals surface area contributed by atoms with Crippen LogP contribution in [0.4, 0.5) is 0 Å². The molecule has 0 bridgehead atoms. The minimum atomic E-state index is 0.577. The maximum absolute atomic E-state index is 9.21. The molecule has 0 radical (unpaired) electrons. The summed E-state index contributed by atoms with van der Waals surface area (Å²) >= 11 is 3.55. The van der Waals surface area contributed by atoms with Gasteiger partial charge in [0.05, 0.1) is 18.2 Å². The van der Waals surface area contributed by atoms with Crippen LogP contribution in [0.2, 0.25) is 0 Å². The van der Waals surface area contributed by atoms with Gasteiger partial charge in [0.15, 0.2) is 0 Å². The van der Waals surface area contributed by atoms with Crippen molar-refractivity contribution in [3.63, 3.8) is 0 Å². The summed E-state index contributed by atoms with van der Waals surface area (Å²) in [6, 6.07) is 13.5. The second kappa shape index (κ2) is 5.23. The highest BCUT2D eigenvalue weighted by Gasteiger charge is 2.15. The van der Waals surface area contributed by atoms with E-state index in [1.807, 2.05) is 41.9 Å². The highest BCUT2D eigenvalue weighted by molar-refractivity contribution is 9.10. The van der Waals surface area contributed by atoms with Crippen LogP contribution in [0.5, 0.6) is 5.75 Å². The number of halogens is 1. The minimum absolute atomic E-state index is 0.577. The molecule has 0 aliphatic heterocycles. The molecule has 0 aliphatic rings. The smallest absolute Gasteiger partial charge is 0.142 e. The second-order valence-corrected chi connectivity index (χ2v) is 5.48. The molecule has 21 heavy (non-hydrogen) atoms. The molecule has 0 N–H and O–H groups in total. The molecule has 0 fully saturated rings. The van der Waals surface area contributed by atoms with Crippen LogP contribution in [-0.4, -0.2) is 16.7 Å². The minimum Gasteiger partial charge on any atom is -0.497 e. The van der Waals surface area contributed by atoms with Gasteiger partial charge < -0.3 is 9.30 Å². The quantitative estimate of drug-likeness (QED) is 0.710. The van der Waals surface area contributed by atoms with E-state index in [4.69, 9.17) is 4.74 Å². The average Bonchev–Trinajstić information content (AvgIpc) is 2.85. The van der Waals surface area contributed by atoms with E-state index in [9.17, 15) is 5.26 Å². The van der Waals surface area contributed by atoms with Gasteiger partial charge in [0.2, 0.25) is 0 Å². The van der Waals surface area contributed by atoms with E-state index in [2.05, 4.69) is 27.0 Å². The molecule has 3 rings (SSSR count). The fourth-order valence-electron chi connectivity index (χ4n) is 2.35. The van der Waals surface area contributed by atoms with Crippen LogP contribution in [0.1, 0.15) is 5.56 Å². The molecule has 0 spiro atoms. The first-order valence-corrected chi connectivity index (χ1v) is 7.14. The number of aryl methyl sites for hydroxylation is 1. The molecule has 0 atom stereocenters. The largest absolute Gasteiger partial charge is 0.497 e. The van der Waals surface area contributed by atoms with Crippen LogP contribution < -0.4 is 4.74 Å². The molecule has 1 heterocycles. The number of imidazole rings is 1. The number of aromatic nitrogens is 2. The molecule has 0 unspecified atom stereocenters. The highest BCUT2D eigenvalue weighted by atomic mass is 79.9. The molecule has 4 nitrogen and oxygen atoms in total. The Morgan fingerprint density at radius 1 is 1.29 bits per heavy atom. The van der Waals surface area contributed by atoms with Gasteiger partial charge in [0.25, 0.3) is 0 Å². The summed E-state index contributed by atoms with van der Waals surface area (Å²) in [4.78, 5) is 4.64. The first-order valence-electron chi connectivity index (χ1n) is 6.35. The molecule has 3 aromatic rings. The number of nitrogens with zero attached hydrogens (tertiary/aromatic N) is 3. The van der Waals surface area contributed by atoms with Gasteiger partial charge in [-0.25, -0.2) is 4.98 Å². The summed E-state index contributed by atoms with van der Waals surface area (Å²) in [5, 5.41) is 9.21. The molecule has 0 saturated heterocycles. The van der Waals surface area contributed by atoms with Crippen molar-refractivity contribution in [3.8, 4) is 23.2 Å². The summed E-state index contributed by atoms with van der Waals surface area (Å²) in [5.74, 6) is 1.55. The van der Waals surface area contributed by atoms with E-state index < -0.39 is 0 Å². The van der Waals surface area contributed by atoms with Crippen molar-refractivity contribution in [1.82, 2.24) is 9.55 Å². The van der Waals surface area contributed by atoms with Crippen molar-refractivity contribution in [1.29, 1.82) is 5.26 Å². The predicted octanol–water partition coefficient (Wildman–Crippen LogP) is 3.88. The average molecular weight is 342 g/mol. The monoisotopic (exact) mass is 341 g/mol. The van der Waals surface area contributed by atoms with Gasteiger partial charge in [-0.3, -0.25) is 0 Å². The van der Waals surface area contributed by atoms with Crippen LogP contribution >= 0.6 is 15.9 Å². The third-order valence-corrected chi connectivity index (χ3v) is 4.14.